The average molecular weight is 314 g/mol. The number of carbonyl (C=O) groups is 1. The summed E-state index contributed by atoms with van der Waals surface area (Å²) in [6.07, 6.45) is 4.49. The lowest BCUT2D eigenvalue weighted by Crippen LogP contribution is -2.45. The molecule has 1 aliphatic rings. The van der Waals surface area contributed by atoms with Gasteiger partial charge in [-0.25, -0.2) is 4.39 Å². The van der Waals surface area contributed by atoms with Crippen LogP contribution in [0.25, 0.3) is 0 Å². The molecule has 0 saturated heterocycles. The SMILES string of the molecule is CCC1CCC(O)(CNC(=O)c2ccc(Cl)c(F)c2)CC1. The molecule has 1 saturated carbocycles. The highest BCUT2D eigenvalue weighted by atomic mass is 35.5. The molecular formula is C16H21ClFNO2. The van der Waals surface area contributed by atoms with Crippen molar-refractivity contribution in [2.75, 3.05) is 6.54 Å². The van der Waals surface area contributed by atoms with Crippen LogP contribution in [0.3, 0.4) is 0 Å². The van der Waals surface area contributed by atoms with E-state index in [1.54, 1.807) is 0 Å². The molecule has 0 bridgehead atoms. The Morgan fingerprint density at radius 3 is 2.71 bits per heavy atom. The van der Waals surface area contributed by atoms with E-state index in [4.69, 9.17) is 11.6 Å². The number of hydrogen-bond donors (Lipinski definition) is 2. The van der Waals surface area contributed by atoms with Gasteiger partial charge in [0.05, 0.1) is 10.6 Å². The zero-order valence-corrected chi connectivity index (χ0v) is 12.9. The maximum atomic E-state index is 13.3. The van der Waals surface area contributed by atoms with E-state index in [0.29, 0.717) is 18.8 Å². The second kappa shape index (κ2) is 6.75. The Hall–Kier alpha value is -1.13. The molecule has 1 amide bonds. The molecule has 21 heavy (non-hydrogen) atoms. The van der Waals surface area contributed by atoms with E-state index < -0.39 is 17.3 Å². The Bertz CT molecular complexity index is 513. The first-order valence-electron chi connectivity index (χ1n) is 7.39. The highest BCUT2D eigenvalue weighted by molar-refractivity contribution is 6.30. The lowest BCUT2D eigenvalue weighted by atomic mass is 9.78. The topological polar surface area (TPSA) is 49.3 Å². The van der Waals surface area contributed by atoms with Crippen molar-refractivity contribution in [1.29, 1.82) is 0 Å². The minimum absolute atomic E-state index is 0.0110. The first kappa shape index (κ1) is 16.2. The van der Waals surface area contributed by atoms with E-state index in [-0.39, 0.29) is 17.1 Å². The molecular weight excluding hydrogens is 293 g/mol. The summed E-state index contributed by atoms with van der Waals surface area (Å²) in [4.78, 5) is 12.0. The molecule has 0 heterocycles. The van der Waals surface area contributed by atoms with Crippen molar-refractivity contribution in [3.05, 3.63) is 34.6 Å². The van der Waals surface area contributed by atoms with Crippen molar-refractivity contribution in [3.8, 4) is 0 Å². The summed E-state index contributed by atoms with van der Waals surface area (Å²) in [5, 5.41) is 13.1. The highest BCUT2D eigenvalue weighted by Gasteiger charge is 2.32. The lowest BCUT2D eigenvalue weighted by Gasteiger charge is -2.35. The van der Waals surface area contributed by atoms with Crippen LogP contribution < -0.4 is 5.32 Å². The van der Waals surface area contributed by atoms with Crippen LogP contribution in [0.4, 0.5) is 4.39 Å². The van der Waals surface area contributed by atoms with E-state index in [0.717, 1.165) is 25.3 Å². The van der Waals surface area contributed by atoms with Crippen LogP contribution in [-0.2, 0) is 0 Å². The molecule has 1 aromatic rings. The van der Waals surface area contributed by atoms with Crippen LogP contribution in [0.1, 0.15) is 49.4 Å². The van der Waals surface area contributed by atoms with Gasteiger partial charge in [0.25, 0.3) is 5.91 Å². The average Bonchev–Trinajstić information content (AvgIpc) is 2.48. The summed E-state index contributed by atoms with van der Waals surface area (Å²) in [6.45, 7) is 2.36. The van der Waals surface area contributed by atoms with Crippen LogP contribution in [0.5, 0.6) is 0 Å². The second-order valence-corrected chi connectivity index (χ2v) is 6.29. The molecule has 0 aliphatic heterocycles. The quantitative estimate of drug-likeness (QED) is 0.893. The summed E-state index contributed by atoms with van der Waals surface area (Å²) in [6, 6.07) is 3.93. The number of halogens is 2. The predicted molar refractivity (Wildman–Crippen MR) is 80.9 cm³/mol. The Balaban J connectivity index is 1.90. The Morgan fingerprint density at radius 1 is 1.48 bits per heavy atom. The van der Waals surface area contributed by atoms with E-state index in [2.05, 4.69) is 12.2 Å². The number of amides is 1. The van der Waals surface area contributed by atoms with Gasteiger partial charge in [0.2, 0.25) is 0 Å². The first-order valence-corrected chi connectivity index (χ1v) is 7.77. The standard InChI is InChI=1S/C16H21ClFNO2/c1-2-11-5-7-16(21,8-6-11)10-19-15(20)12-3-4-13(17)14(18)9-12/h3-4,9,11,21H,2,5-8,10H2,1H3,(H,19,20). The third kappa shape index (κ3) is 4.17. The highest BCUT2D eigenvalue weighted by Crippen LogP contribution is 2.33. The minimum atomic E-state index is -0.841. The van der Waals surface area contributed by atoms with Gasteiger partial charge < -0.3 is 10.4 Å². The molecule has 2 rings (SSSR count). The molecule has 0 spiro atoms. The lowest BCUT2D eigenvalue weighted by molar-refractivity contribution is -0.00786. The normalized spacial score (nSPS) is 25.6. The van der Waals surface area contributed by atoms with Crippen molar-refractivity contribution in [2.45, 2.75) is 44.6 Å². The number of carbonyl (C=O) groups excluding carboxylic acids is 1. The fraction of sp³-hybridized carbons (Fsp3) is 0.562. The minimum Gasteiger partial charge on any atom is -0.388 e. The van der Waals surface area contributed by atoms with Crippen molar-refractivity contribution in [2.24, 2.45) is 5.92 Å². The number of aliphatic hydroxyl groups is 1. The van der Waals surface area contributed by atoms with Gasteiger partial charge >= 0.3 is 0 Å². The maximum absolute atomic E-state index is 13.3. The zero-order valence-electron chi connectivity index (χ0n) is 12.2. The summed E-state index contributed by atoms with van der Waals surface area (Å²) < 4.78 is 13.3. The Kier molecular flexibility index (Phi) is 5.22. The summed E-state index contributed by atoms with van der Waals surface area (Å²) in [5.41, 5.74) is -0.630. The van der Waals surface area contributed by atoms with Gasteiger partial charge in [-0.1, -0.05) is 24.9 Å². The molecule has 0 aromatic heterocycles. The smallest absolute Gasteiger partial charge is 0.251 e. The summed E-state index contributed by atoms with van der Waals surface area (Å²) in [5.74, 6) is -0.338. The van der Waals surface area contributed by atoms with Crippen molar-refractivity contribution in [1.82, 2.24) is 5.32 Å². The van der Waals surface area contributed by atoms with Crippen molar-refractivity contribution < 1.29 is 14.3 Å². The molecule has 3 nitrogen and oxygen atoms in total. The van der Waals surface area contributed by atoms with Crippen LogP contribution in [0.2, 0.25) is 5.02 Å². The molecule has 116 valence electrons. The summed E-state index contributed by atoms with van der Waals surface area (Å²) >= 11 is 5.59. The third-order valence-electron chi connectivity index (χ3n) is 4.37. The van der Waals surface area contributed by atoms with E-state index in [1.807, 2.05) is 0 Å². The molecule has 2 N–H and O–H groups in total. The van der Waals surface area contributed by atoms with Crippen LogP contribution in [-0.4, -0.2) is 23.2 Å². The van der Waals surface area contributed by atoms with Gasteiger partial charge in [-0.3, -0.25) is 4.79 Å². The number of benzene rings is 1. The van der Waals surface area contributed by atoms with Gasteiger partial charge in [0, 0.05) is 12.1 Å². The van der Waals surface area contributed by atoms with E-state index in [9.17, 15) is 14.3 Å². The molecule has 1 fully saturated rings. The predicted octanol–water partition coefficient (Wildman–Crippen LogP) is 3.54. The van der Waals surface area contributed by atoms with Crippen LogP contribution in [0, 0.1) is 11.7 Å². The number of nitrogens with one attached hydrogen (secondary N) is 1. The van der Waals surface area contributed by atoms with Gasteiger partial charge in [-0.2, -0.15) is 0 Å². The van der Waals surface area contributed by atoms with Crippen LogP contribution in [0.15, 0.2) is 18.2 Å². The van der Waals surface area contributed by atoms with Crippen molar-refractivity contribution in [3.63, 3.8) is 0 Å². The Morgan fingerprint density at radius 2 is 2.14 bits per heavy atom. The van der Waals surface area contributed by atoms with Gasteiger partial charge in [-0.15, -0.1) is 0 Å². The fourth-order valence-corrected chi connectivity index (χ4v) is 2.90. The zero-order chi connectivity index (χ0) is 15.5. The maximum Gasteiger partial charge on any atom is 0.251 e. The first-order chi connectivity index (χ1) is 9.93. The Labute approximate surface area is 129 Å². The third-order valence-corrected chi connectivity index (χ3v) is 4.68. The molecule has 1 aliphatic carbocycles. The molecule has 0 unspecified atom stereocenters. The van der Waals surface area contributed by atoms with Gasteiger partial charge in [0.15, 0.2) is 0 Å². The molecule has 5 heteroatoms. The molecule has 0 atom stereocenters. The molecule has 1 aromatic carbocycles. The summed E-state index contributed by atoms with van der Waals surface area (Å²) in [7, 11) is 0. The number of rotatable bonds is 4. The monoisotopic (exact) mass is 313 g/mol. The second-order valence-electron chi connectivity index (χ2n) is 5.89. The van der Waals surface area contributed by atoms with E-state index in [1.165, 1.54) is 12.1 Å². The largest absolute Gasteiger partial charge is 0.388 e. The van der Waals surface area contributed by atoms with Crippen LogP contribution >= 0.6 is 11.6 Å². The van der Waals surface area contributed by atoms with Gasteiger partial charge in [-0.05, 0) is 49.8 Å². The van der Waals surface area contributed by atoms with Crippen molar-refractivity contribution >= 4 is 17.5 Å². The van der Waals surface area contributed by atoms with Gasteiger partial charge in [0.1, 0.15) is 5.82 Å². The molecule has 0 radical (unpaired) electrons. The van der Waals surface area contributed by atoms with E-state index >= 15 is 0 Å². The fourth-order valence-electron chi connectivity index (χ4n) is 2.78. The number of hydrogen-bond acceptors (Lipinski definition) is 2.